The lowest BCUT2D eigenvalue weighted by Crippen LogP contribution is -2.21. The van der Waals surface area contributed by atoms with E-state index in [1.54, 1.807) is 30.3 Å². The van der Waals surface area contributed by atoms with Crippen molar-refractivity contribution < 1.29 is 14.3 Å². The van der Waals surface area contributed by atoms with E-state index in [1.807, 2.05) is 64.1 Å². The smallest absolute Gasteiger partial charge is 0.266 e. The molecule has 0 radical (unpaired) electrons. The molecule has 0 saturated heterocycles. The van der Waals surface area contributed by atoms with E-state index in [4.69, 9.17) is 4.74 Å². The van der Waals surface area contributed by atoms with E-state index in [1.165, 1.54) is 6.08 Å². The Balaban J connectivity index is 1.73. The molecule has 0 saturated carbocycles. The van der Waals surface area contributed by atoms with E-state index in [0.717, 1.165) is 27.9 Å². The quantitative estimate of drug-likeness (QED) is 0.366. The van der Waals surface area contributed by atoms with Crippen LogP contribution in [0.15, 0.2) is 66.2 Å². The first-order valence-electron chi connectivity index (χ1n) is 10.9. The van der Waals surface area contributed by atoms with Crippen LogP contribution in [-0.2, 0) is 9.59 Å². The highest BCUT2D eigenvalue weighted by molar-refractivity contribution is 6.10. The van der Waals surface area contributed by atoms with Crippen LogP contribution in [0.2, 0.25) is 0 Å². The van der Waals surface area contributed by atoms with Crippen LogP contribution in [0.4, 0.5) is 11.4 Å². The third-order valence-electron chi connectivity index (χ3n) is 5.46. The Labute approximate surface area is 199 Å². The molecule has 0 fully saturated rings. The van der Waals surface area contributed by atoms with Crippen LogP contribution < -0.4 is 15.4 Å². The van der Waals surface area contributed by atoms with Crippen molar-refractivity contribution in [2.24, 2.45) is 0 Å². The van der Waals surface area contributed by atoms with Gasteiger partial charge in [-0.2, -0.15) is 5.26 Å². The molecule has 2 amide bonds. The number of anilines is 2. The molecule has 3 aromatic carbocycles. The maximum Gasteiger partial charge on any atom is 0.266 e. The molecule has 0 unspecified atom stereocenters. The lowest BCUT2D eigenvalue weighted by molar-refractivity contribution is -0.118. The van der Waals surface area contributed by atoms with Crippen LogP contribution in [0.1, 0.15) is 27.8 Å². The number of nitriles is 1. The SMILES string of the molecule is Cc1ccc(C)c(NC(=O)COc2ccccc2/C=C(/C#N)C(=O)Nc2cccc(C)c2C)c1. The Bertz CT molecular complexity index is 1300. The maximum absolute atomic E-state index is 12.7. The van der Waals surface area contributed by atoms with Gasteiger partial charge in [-0.05, 0) is 74.2 Å². The average molecular weight is 454 g/mol. The summed E-state index contributed by atoms with van der Waals surface area (Å²) < 4.78 is 5.72. The molecule has 0 aliphatic carbocycles. The van der Waals surface area contributed by atoms with E-state index in [9.17, 15) is 14.9 Å². The number of nitrogens with one attached hydrogen (secondary N) is 2. The first-order chi connectivity index (χ1) is 16.3. The molecule has 172 valence electrons. The summed E-state index contributed by atoms with van der Waals surface area (Å²) >= 11 is 0. The van der Waals surface area contributed by atoms with Crippen molar-refractivity contribution in [3.05, 3.63) is 94.1 Å². The fourth-order valence-corrected chi connectivity index (χ4v) is 3.31. The summed E-state index contributed by atoms with van der Waals surface area (Å²) in [6, 6.07) is 20.3. The Morgan fingerprint density at radius 1 is 0.912 bits per heavy atom. The molecular weight excluding hydrogens is 426 g/mol. The number of amides is 2. The van der Waals surface area contributed by atoms with Gasteiger partial charge < -0.3 is 15.4 Å². The van der Waals surface area contributed by atoms with Gasteiger partial charge in [0.2, 0.25) is 0 Å². The molecule has 0 heterocycles. The molecule has 34 heavy (non-hydrogen) atoms. The third-order valence-corrected chi connectivity index (χ3v) is 5.46. The van der Waals surface area contributed by atoms with Crippen molar-refractivity contribution >= 4 is 29.3 Å². The topological polar surface area (TPSA) is 91.2 Å². The number of carbonyl (C=O) groups excluding carboxylic acids is 2. The summed E-state index contributed by atoms with van der Waals surface area (Å²) in [4.78, 5) is 25.2. The van der Waals surface area contributed by atoms with E-state index < -0.39 is 5.91 Å². The van der Waals surface area contributed by atoms with E-state index in [0.29, 0.717) is 17.0 Å². The van der Waals surface area contributed by atoms with Gasteiger partial charge in [0.15, 0.2) is 6.61 Å². The molecule has 0 aliphatic rings. The second kappa shape index (κ2) is 11.0. The molecule has 0 bridgehead atoms. The molecule has 0 aliphatic heterocycles. The third kappa shape index (κ3) is 6.11. The summed E-state index contributed by atoms with van der Waals surface area (Å²) in [5, 5.41) is 15.2. The number of para-hydroxylation sites is 1. The molecule has 2 N–H and O–H groups in total. The van der Waals surface area contributed by atoms with Crippen LogP contribution in [0.25, 0.3) is 6.08 Å². The van der Waals surface area contributed by atoms with Gasteiger partial charge in [-0.1, -0.05) is 42.5 Å². The van der Waals surface area contributed by atoms with Crippen molar-refractivity contribution in [3.63, 3.8) is 0 Å². The molecule has 0 atom stereocenters. The molecule has 6 nitrogen and oxygen atoms in total. The largest absolute Gasteiger partial charge is 0.483 e. The monoisotopic (exact) mass is 453 g/mol. The highest BCUT2D eigenvalue weighted by atomic mass is 16.5. The van der Waals surface area contributed by atoms with Crippen LogP contribution in [0, 0.1) is 39.0 Å². The Morgan fingerprint density at radius 2 is 1.68 bits per heavy atom. The van der Waals surface area contributed by atoms with Gasteiger partial charge >= 0.3 is 0 Å². The summed E-state index contributed by atoms with van der Waals surface area (Å²) in [6.45, 7) is 7.53. The predicted octanol–water partition coefficient (Wildman–Crippen LogP) is 5.48. The second-order valence-corrected chi connectivity index (χ2v) is 8.06. The molecule has 0 spiro atoms. The van der Waals surface area contributed by atoms with E-state index in [2.05, 4.69) is 10.6 Å². The van der Waals surface area contributed by atoms with Gasteiger partial charge in [-0.3, -0.25) is 9.59 Å². The Hall–Kier alpha value is -4.37. The second-order valence-electron chi connectivity index (χ2n) is 8.06. The molecular formula is C28H27N3O3. The van der Waals surface area contributed by atoms with Gasteiger partial charge in [0.25, 0.3) is 11.8 Å². The number of aryl methyl sites for hydroxylation is 3. The lowest BCUT2D eigenvalue weighted by Gasteiger charge is -2.12. The fourth-order valence-electron chi connectivity index (χ4n) is 3.31. The summed E-state index contributed by atoms with van der Waals surface area (Å²) in [5.74, 6) is -0.426. The van der Waals surface area contributed by atoms with E-state index >= 15 is 0 Å². The van der Waals surface area contributed by atoms with E-state index in [-0.39, 0.29) is 18.1 Å². The van der Waals surface area contributed by atoms with Gasteiger partial charge in [-0.15, -0.1) is 0 Å². The van der Waals surface area contributed by atoms with Gasteiger partial charge in [0.05, 0.1) is 0 Å². The zero-order valence-corrected chi connectivity index (χ0v) is 19.7. The number of ether oxygens (including phenoxy) is 1. The summed E-state index contributed by atoms with van der Waals surface area (Å²) in [6.07, 6.45) is 1.46. The summed E-state index contributed by atoms with van der Waals surface area (Å²) in [7, 11) is 0. The first-order valence-corrected chi connectivity index (χ1v) is 10.9. The normalized spacial score (nSPS) is 10.9. The minimum atomic E-state index is -0.515. The summed E-state index contributed by atoms with van der Waals surface area (Å²) in [5.41, 5.74) is 5.81. The van der Waals surface area contributed by atoms with Crippen LogP contribution in [-0.4, -0.2) is 18.4 Å². The van der Waals surface area contributed by atoms with Crippen LogP contribution in [0.5, 0.6) is 5.75 Å². The zero-order chi connectivity index (χ0) is 24.7. The minimum absolute atomic E-state index is 0.0724. The van der Waals surface area contributed by atoms with Crippen molar-refractivity contribution in [1.29, 1.82) is 5.26 Å². The van der Waals surface area contributed by atoms with Crippen molar-refractivity contribution in [2.75, 3.05) is 17.2 Å². The Kier molecular flexibility index (Phi) is 7.83. The van der Waals surface area contributed by atoms with Crippen molar-refractivity contribution in [2.45, 2.75) is 27.7 Å². The zero-order valence-electron chi connectivity index (χ0n) is 19.7. The highest BCUT2D eigenvalue weighted by Crippen LogP contribution is 2.23. The number of benzene rings is 3. The lowest BCUT2D eigenvalue weighted by atomic mass is 10.1. The number of hydrogen-bond acceptors (Lipinski definition) is 4. The molecule has 6 heteroatoms. The molecule has 3 rings (SSSR count). The number of hydrogen-bond donors (Lipinski definition) is 2. The van der Waals surface area contributed by atoms with Crippen molar-refractivity contribution in [1.82, 2.24) is 0 Å². The number of rotatable bonds is 7. The number of carbonyl (C=O) groups is 2. The van der Waals surface area contributed by atoms with Gasteiger partial charge in [-0.25, -0.2) is 0 Å². The van der Waals surface area contributed by atoms with Crippen LogP contribution >= 0.6 is 0 Å². The van der Waals surface area contributed by atoms with Gasteiger partial charge in [0.1, 0.15) is 17.4 Å². The minimum Gasteiger partial charge on any atom is -0.483 e. The Morgan fingerprint density at radius 3 is 2.44 bits per heavy atom. The fraction of sp³-hybridized carbons (Fsp3) is 0.179. The number of nitrogens with zero attached hydrogens (tertiary/aromatic N) is 1. The predicted molar refractivity (Wildman–Crippen MR) is 135 cm³/mol. The highest BCUT2D eigenvalue weighted by Gasteiger charge is 2.14. The van der Waals surface area contributed by atoms with Crippen molar-refractivity contribution in [3.8, 4) is 11.8 Å². The van der Waals surface area contributed by atoms with Crippen LogP contribution in [0.3, 0.4) is 0 Å². The maximum atomic E-state index is 12.7. The molecule has 0 aromatic heterocycles. The van der Waals surface area contributed by atoms with Gasteiger partial charge in [0, 0.05) is 16.9 Å². The standard InChI is InChI=1S/C28H27N3O3/c1-18-12-13-20(3)25(14-18)30-27(32)17-34-26-11-6-5-9-22(26)15-23(16-29)28(33)31-24-10-7-8-19(2)21(24)4/h5-15H,17H2,1-4H3,(H,30,32)(H,31,33)/b23-15-. The average Bonchev–Trinajstić information content (AvgIpc) is 2.82. The first kappa shape index (κ1) is 24.3. The molecule has 3 aromatic rings.